The van der Waals surface area contributed by atoms with Crippen LogP contribution in [0.5, 0.6) is 0 Å². The Balaban J connectivity index is 0.000000758. The first-order valence-corrected chi connectivity index (χ1v) is 8.44. The Kier molecular flexibility index (Phi) is 7.05. The van der Waals surface area contributed by atoms with Crippen molar-refractivity contribution >= 4 is 18.0 Å². The maximum atomic E-state index is 13.0. The van der Waals surface area contributed by atoms with Crippen molar-refractivity contribution in [2.75, 3.05) is 33.8 Å². The summed E-state index contributed by atoms with van der Waals surface area (Å²) in [5, 5.41) is 20.6. The molecule has 1 amide bonds. The van der Waals surface area contributed by atoms with Gasteiger partial charge in [-0.3, -0.25) is 9.59 Å². The number of amides is 1. The maximum absolute atomic E-state index is 13.0. The van der Waals surface area contributed by atoms with Gasteiger partial charge in [0.2, 0.25) is 0 Å². The van der Waals surface area contributed by atoms with Crippen LogP contribution in [-0.4, -0.2) is 86.8 Å². The molecule has 2 atom stereocenters. The van der Waals surface area contributed by atoms with E-state index in [1.165, 1.54) is 0 Å². The van der Waals surface area contributed by atoms with Crippen molar-refractivity contribution in [3.05, 3.63) is 30.2 Å². The molecule has 142 valence electrons. The molecular formula is C17H25N5O4. The fourth-order valence-electron chi connectivity index (χ4n) is 3.14. The van der Waals surface area contributed by atoms with E-state index < -0.39 is 0 Å². The van der Waals surface area contributed by atoms with Gasteiger partial charge in [0.25, 0.3) is 12.4 Å². The Morgan fingerprint density at radius 3 is 2.77 bits per heavy atom. The summed E-state index contributed by atoms with van der Waals surface area (Å²) in [4.78, 5) is 29.6. The lowest BCUT2D eigenvalue weighted by molar-refractivity contribution is -0.122. The summed E-state index contributed by atoms with van der Waals surface area (Å²) in [6.07, 6.45) is 6.93. The summed E-state index contributed by atoms with van der Waals surface area (Å²) in [7, 11) is 4.06. The van der Waals surface area contributed by atoms with E-state index in [-0.39, 0.29) is 24.9 Å². The fraction of sp³-hybridized carbons (Fsp3) is 0.529. The SMILES string of the molecule is CN(C)[C@@H]1CC[C@H](CO)CN(C(=O)c2cnn3cccnc23)C1.O=CO. The van der Waals surface area contributed by atoms with Crippen molar-refractivity contribution in [3.63, 3.8) is 0 Å². The molecule has 0 radical (unpaired) electrons. The Morgan fingerprint density at radius 2 is 2.12 bits per heavy atom. The summed E-state index contributed by atoms with van der Waals surface area (Å²) < 4.78 is 1.61. The van der Waals surface area contributed by atoms with E-state index in [0.717, 1.165) is 12.8 Å². The van der Waals surface area contributed by atoms with Crippen molar-refractivity contribution in [2.45, 2.75) is 18.9 Å². The van der Waals surface area contributed by atoms with E-state index in [2.05, 4.69) is 15.0 Å². The van der Waals surface area contributed by atoms with E-state index in [4.69, 9.17) is 9.90 Å². The molecule has 1 aliphatic heterocycles. The average Bonchev–Trinajstić information content (AvgIpc) is 2.93. The largest absolute Gasteiger partial charge is 0.483 e. The molecule has 0 aliphatic carbocycles. The fourth-order valence-corrected chi connectivity index (χ4v) is 3.14. The molecule has 0 spiro atoms. The van der Waals surface area contributed by atoms with Crippen LogP contribution >= 0.6 is 0 Å². The molecule has 26 heavy (non-hydrogen) atoms. The first-order valence-electron chi connectivity index (χ1n) is 8.44. The minimum atomic E-state index is -0.250. The number of carbonyl (C=O) groups excluding carboxylic acids is 1. The quantitative estimate of drug-likeness (QED) is 0.750. The molecule has 0 bridgehead atoms. The van der Waals surface area contributed by atoms with Crippen LogP contribution in [0.4, 0.5) is 0 Å². The van der Waals surface area contributed by atoms with Gasteiger partial charge in [0, 0.05) is 38.1 Å². The molecular weight excluding hydrogens is 338 g/mol. The predicted octanol–water partition coefficient (Wildman–Crippen LogP) is 0.205. The van der Waals surface area contributed by atoms with Crippen LogP contribution in [0.2, 0.25) is 0 Å². The van der Waals surface area contributed by atoms with Crippen LogP contribution in [0.3, 0.4) is 0 Å². The topological polar surface area (TPSA) is 111 Å². The van der Waals surface area contributed by atoms with Crippen LogP contribution < -0.4 is 0 Å². The number of hydrogen-bond donors (Lipinski definition) is 2. The Hall–Kier alpha value is -2.52. The van der Waals surface area contributed by atoms with Gasteiger partial charge in [0.1, 0.15) is 5.56 Å². The molecule has 1 aliphatic rings. The first-order chi connectivity index (χ1) is 12.5. The van der Waals surface area contributed by atoms with Gasteiger partial charge in [0.15, 0.2) is 5.65 Å². The second-order valence-corrected chi connectivity index (χ2v) is 6.51. The highest BCUT2D eigenvalue weighted by Gasteiger charge is 2.29. The van der Waals surface area contributed by atoms with E-state index in [9.17, 15) is 9.90 Å². The van der Waals surface area contributed by atoms with E-state index in [1.54, 1.807) is 29.2 Å². The van der Waals surface area contributed by atoms with Gasteiger partial charge in [-0.25, -0.2) is 9.50 Å². The number of carbonyl (C=O) groups is 2. The summed E-state index contributed by atoms with van der Waals surface area (Å²) >= 11 is 0. The minimum Gasteiger partial charge on any atom is -0.483 e. The van der Waals surface area contributed by atoms with Crippen molar-refractivity contribution in [3.8, 4) is 0 Å². The lowest BCUT2D eigenvalue weighted by atomic mass is 10.0. The van der Waals surface area contributed by atoms with Crippen molar-refractivity contribution in [2.24, 2.45) is 5.92 Å². The van der Waals surface area contributed by atoms with Crippen LogP contribution in [-0.2, 0) is 4.79 Å². The summed E-state index contributed by atoms with van der Waals surface area (Å²) in [5.74, 6) is 0.0598. The third-order valence-corrected chi connectivity index (χ3v) is 4.60. The number of aromatic nitrogens is 3. The van der Waals surface area contributed by atoms with Crippen LogP contribution in [0.25, 0.3) is 5.65 Å². The van der Waals surface area contributed by atoms with Crippen LogP contribution in [0.15, 0.2) is 24.7 Å². The smallest absolute Gasteiger partial charge is 0.290 e. The van der Waals surface area contributed by atoms with Crippen molar-refractivity contribution < 1.29 is 19.8 Å². The zero-order valence-corrected chi connectivity index (χ0v) is 15.0. The lowest BCUT2D eigenvalue weighted by Gasteiger charge is -2.28. The predicted molar refractivity (Wildman–Crippen MR) is 94.9 cm³/mol. The van der Waals surface area contributed by atoms with Crippen LogP contribution in [0, 0.1) is 5.92 Å². The number of hydrogen-bond acceptors (Lipinski definition) is 6. The highest BCUT2D eigenvalue weighted by atomic mass is 16.3. The van der Waals surface area contributed by atoms with Crippen molar-refractivity contribution in [1.82, 2.24) is 24.4 Å². The molecule has 2 N–H and O–H groups in total. The number of aliphatic hydroxyl groups is 1. The summed E-state index contributed by atoms with van der Waals surface area (Å²) in [5.41, 5.74) is 1.09. The van der Waals surface area contributed by atoms with Crippen LogP contribution in [0.1, 0.15) is 23.2 Å². The van der Waals surface area contributed by atoms with Gasteiger partial charge in [-0.05, 0) is 38.9 Å². The number of nitrogens with zero attached hydrogens (tertiary/aromatic N) is 5. The van der Waals surface area contributed by atoms with E-state index in [1.807, 2.05) is 19.0 Å². The molecule has 0 saturated carbocycles. The molecule has 9 heteroatoms. The third-order valence-electron chi connectivity index (χ3n) is 4.60. The van der Waals surface area contributed by atoms with E-state index >= 15 is 0 Å². The normalized spacial score (nSPS) is 20.4. The average molecular weight is 363 g/mol. The molecule has 2 aromatic rings. The highest BCUT2D eigenvalue weighted by molar-refractivity contribution is 5.99. The molecule has 0 unspecified atom stereocenters. The van der Waals surface area contributed by atoms with Crippen molar-refractivity contribution in [1.29, 1.82) is 0 Å². The monoisotopic (exact) mass is 363 g/mol. The van der Waals surface area contributed by atoms with Gasteiger partial charge in [0.05, 0.1) is 6.20 Å². The maximum Gasteiger partial charge on any atom is 0.290 e. The summed E-state index contributed by atoms with van der Waals surface area (Å²) in [6.45, 7) is 1.09. The zero-order valence-electron chi connectivity index (χ0n) is 15.0. The molecule has 2 aromatic heterocycles. The molecule has 1 fully saturated rings. The van der Waals surface area contributed by atoms with Gasteiger partial charge < -0.3 is 20.0 Å². The molecule has 0 aromatic carbocycles. The number of rotatable bonds is 3. The van der Waals surface area contributed by atoms with Gasteiger partial charge >= 0.3 is 0 Å². The Bertz CT molecular complexity index is 733. The summed E-state index contributed by atoms with van der Waals surface area (Å²) in [6, 6.07) is 2.08. The number of carboxylic acid groups (broad SMARTS) is 1. The second-order valence-electron chi connectivity index (χ2n) is 6.51. The van der Waals surface area contributed by atoms with Gasteiger partial charge in [-0.1, -0.05) is 0 Å². The van der Waals surface area contributed by atoms with E-state index in [0.29, 0.717) is 30.3 Å². The molecule has 3 heterocycles. The number of likely N-dealkylation sites (tertiary alicyclic amines) is 1. The first kappa shape index (κ1) is 19.8. The minimum absolute atomic E-state index is 0.0640. The molecule has 3 rings (SSSR count). The number of likely N-dealkylation sites (N-methyl/N-ethyl adjacent to an activating group) is 1. The molecule has 1 saturated heterocycles. The zero-order chi connectivity index (χ0) is 19.1. The molecule has 9 nitrogen and oxygen atoms in total. The number of fused-ring (bicyclic) bond motifs is 1. The number of aliphatic hydroxyl groups excluding tert-OH is 1. The van der Waals surface area contributed by atoms with Gasteiger partial charge in [-0.2, -0.15) is 5.10 Å². The second kappa shape index (κ2) is 9.25. The standard InChI is InChI=1S/C16H23N5O2.CH2O2/c1-19(2)13-5-4-12(11-22)9-20(10-13)16(23)14-8-18-21-7-3-6-17-15(14)21;2-1-3/h3,6-8,12-13,22H,4-5,9-11H2,1-2H3;1H,(H,2,3)/t12-,13+;/m0./s1. The highest BCUT2D eigenvalue weighted by Crippen LogP contribution is 2.21. The Labute approximate surface area is 151 Å². The Morgan fingerprint density at radius 1 is 1.38 bits per heavy atom. The lowest BCUT2D eigenvalue weighted by Crippen LogP contribution is -2.42. The van der Waals surface area contributed by atoms with Gasteiger partial charge in [-0.15, -0.1) is 0 Å². The third kappa shape index (κ3) is 4.55.